The standard InChI is InChI=1S/C10H25N5/c1-4-9(2)8-11-13-15-14-12-10(3)6-5-7-10/h9,11-15H,4-8H2,1-3H3/t9-/m0/s1. The van der Waals surface area contributed by atoms with Gasteiger partial charge in [0.05, 0.1) is 0 Å². The van der Waals surface area contributed by atoms with Crippen LogP contribution >= 0.6 is 0 Å². The van der Waals surface area contributed by atoms with E-state index in [-0.39, 0.29) is 5.54 Å². The highest BCUT2D eigenvalue weighted by molar-refractivity contribution is 4.89. The number of rotatable bonds is 8. The Hall–Kier alpha value is -0.200. The predicted octanol–water partition coefficient (Wildman–Crippen LogP) is 0.583. The molecule has 0 aromatic heterocycles. The minimum atomic E-state index is 0.269. The Morgan fingerprint density at radius 1 is 1.20 bits per heavy atom. The SMILES string of the molecule is CC[C@H](C)CNNNNNC1(C)CCC1. The third kappa shape index (κ3) is 4.90. The molecule has 0 aromatic rings. The molecule has 0 radical (unpaired) electrons. The highest BCUT2D eigenvalue weighted by atomic mass is 15.8. The van der Waals surface area contributed by atoms with E-state index < -0.39 is 0 Å². The van der Waals surface area contributed by atoms with E-state index in [1.165, 1.54) is 25.7 Å². The molecule has 0 bridgehead atoms. The average Bonchev–Trinajstić information content (AvgIpc) is 2.20. The van der Waals surface area contributed by atoms with Gasteiger partial charge in [0, 0.05) is 12.1 Å². The van der Waals surface area contributed by atoms with Crippen molar-refractivity contribution in [3.63, 3.8) is 0 Å². The van der Waals surface area contributed by atoms with Crippen LogP contribution < -0.4 is 27.5 Å². The van der Waals surface area contributed by atoms with Crippen LogP contribution in [-0.4, -0.2) is 12.1 Å². The lowest BCUT2D eigenvalue weighted by Gasteiger charge is -2.39. The zero-order chi connectivity index (χ0) is 11.1. The predicted molar refractivity (Wildman–Crippen MR) is 62.3 cm³/mol. The molecule has 1 atom stereocenters. The molecule has 0 aromatic carbocycles. The molecule has 1 rings (SSSR count). The lowest BCUT2D eigenvalue weighted by Crippen LogP contribution is -2.63. The van der Waals surface area contributed by atoms with Gasteiger partial charge in [-0.15, -0.1) is 0 Å². The fourth-order valence-electron chi connectivity index (χ4n) is 1.46. The molecule has 5 heteroatoms. The Kier molecular flexibility index (Phi) is 5.49. The molecule has 1 saturated carbocycles. The molecule has 1 fully saturated rings. The molecule has 1 aliphatic rings. The number of hydrazine groups is 4. The molecule has 1 aliphatic carbocycles. The summed E-state index contributed by atoms with van der Waals surface area (Å²) >= 11 is 0. The van der Waals surface area contributed by atoms with Crippen molar-refractivity contribution in [1.82, 2.24) is 27.5 Å². The second-order valence-electron chi connectivity index (χ2n) is 4.81. The average molecular weight is 215 g/mol. The van der Waals surface area contributed by atoms with Gasteiger partial charge in [-0.1, -0.05) is 20.3 Å². The van der Waals surface area contributed by atoms with Gasteiger partial charge in [0.15, 0.2) is 0 Å². The molecule has 0 saturated heterocycles. The summed E-state index contributed by atoms with van der Waals surface area (Å²) in [5.74, 6) is 0.691. The van der Waals surface area contributed by atoms with Crippen LogP contribution in [-0.2, 0) is 0 Å². The summed E-state index contributed by atoms with van der Waals surface area (Å²) in [6.45, 7) is 7.59. The summed E-state index contributed by atoms with van der Waals surface area (Å²) in [4.78, 5) is 0. The summed E-state index contributed by atoms with van der Waals surface area (Å²) in [7, 11) is 0. The Labute approximate surface area is 92.6 Å². The molecular formula is C10H25N5. The van der Waals surface area contributed by atoms with Gasteiger partial charge in [-0.3, -0.25) is 0 Å². The molecule has 0 spiro atoms. The van der Waals surface area contributed by atoms with Crippen LogP contribution in [0.15, 0.2) is 0 Å². The molecule has 0 amide bonds. The summed E-state index contributed by atoms with van der Waals surface area (Å²) in [6.07, 6.45) is 4.99. The Balaban J connectivity index is 1.85. The summed E-state index contributed by atoms with van der Waals surface area (Å²) < 4.78 is 0. The zero-order valence-electron chi connectivity index (χ0n) is 10.1. The first-order valence-corrected chi connectivity index (χ1v) is 5.91. The quantitative estimate of drug-likeness (QED) is 0.303. The van der Waals surface area contributed by atoms with E-state index in [1.54, 1.807) is 0 Å². The van der Waals surface area contributed by atoms with Gasteiger partial charge < -0.3 is 0 Å². The van der Waals surface area contributed by atoms with E-state index in [9.17, 15) is 0 Å². The van der Waals surface area contributed by atoms with Crippen LogP contribution in [0.2, 0.25) is 0 Å². The fraction of sp³-hybridized carbons (Fsp3) is 1.00. The lowest BCUT2D eigenvalue weighted by molar-refractivity contribution is 0.153. The minimum absolute atomic E-state index is 0.269. The van der Waals surface area contributed by atoms with E-state index >= 15 is 0 Å². The van der Waals surface area contributed by atoms with E-state index in [4.69, 9.17) is 0 Å². The van der Waals surface area contributed by atoms with Crippen molar-refractivity contribution >= 4 is 0 Å². The van der Waals surface area contributed by atoms with Crippen LogP contribution in [0.5, 0.6) is 0 Å². The van der Waals surface area contributed by atoms with Crippen LogP contribution in [0, 0.1) is 5.92 Å². The van der Waals surface area contributed by atoms with E-state index in [2.05, 4.69) is 48.2 Å². The van der Waals surface area contributed by atoms with Crippen molar-refractivity contribution in [2.24, 2.45) is 5.92 Å². The number of hydrogen-bond acceptors (Lipinski definition) is 5. The van der Waals surface area contributed by atoms with Gasteiger partial charge in [0.25, 0.3) is 0 Å². The largest absolute Gasteiger partial charge is 0.243 e. The van der Waals surface area contributed by atoms with Gasteiger partial charge in [-0.05, 0) is 32.1 Å². The molecule has 0 heterocycles. The fourth-order valence-corrected chi connectivity index (χ4v) is 1.46. The zero-order valence-corrected chi connectivity index (χ0v) is 10.1. The van der Waals surface area contributed by atoms with E-state index in [0.717, 1.165) is 6.54 Å². The van der Waals surface area contributed by atoms with Gasteiger partial charge in [-0.25, -0.2) is 10.9 Å². The van der Waals surface area contributed by atoms with Crippen molar-refractivity contribution in [3.8, 4) is 0 Å². The first-order chi connectivity index (χ1) is 7.16. The molecule has 15 heavy (non-hydrogen) atoms. The normalized spacial score (nSPS) is 21.0. The second kappa shape index (κ2) is 6.40. The first-order valence-electron chi connectivity index (χ1n) is 5.91. The Bertz CT molecular complexity index is 169. The maximum Gasteiger partial charge on any atom is 0.0309 e. The van der Waals surface area contributed by atoms with Crippen LogP contribution in [0.25, 0.3) is 0 Å². The molecule has 0 aliphatic heterocycles. The highest BCUT2D eigenvalue weighted by Gasteiger charge is 2.30. The summed E-state index contributed by atoms with van der Waals surface area (Å²) in [5.41, 5.74) is 15.3. The third-order valence-corrected chi connectivity index (χ3v) is 3.18. The topological polar surface area (TPSA) is 60.1 Å². The monoisotopic (exact) mass is 215 g/mol. The number of hydrogen-bond donors (Lipinski definition) is 5. The number of nitrogens with one attached hydrogen (secondary N) is 5. The van der Waals surface area contributed by atoms with Gasteiger partial charge >= 0.3 is 0 Å². The van der Waals surface area contributed by atoms with Crippen molar-refractivity contribution in [1.29, 1.82) is 0 Å². The van der Waals surface area contributed by atoms with Crippen molar-refractivity contribution in [2.75, 3.05) is 6.54 Å². The highest BCUT2D eigenvalue weighted by Crippen LogP contribution is 2.29. The molecule has 5 nitrogen and oxygen atoms in total. The van der Waals surface area contributed by atoms with Crippen molar-refractivity contribution in [3.05, 3.63) is 0 Å². The Morgan fingerprint density at radius 3 is 2.47 bits per heavy atom. The second-order valence-corrected chi connectivity index (χ2v) is 4.81. The maximum atomic E-state index is 3.23. The summed E-state index contributed by atoms with van der Waals surface area (Å²) in [5, 5.41) is 0. The molecule has 0 unspecified atom stereocenters. The van der Waals surface area contributed by atoms with Gasteiger partial charge in [0.2, 0.25) is 0 Å². The summed E-state index contributed by atoms with van der Waals surface area (Å²) in [6, 6.07) is 0. The molecule has 5 N–H and O–H groups in total. The van der Waals surface area contributed by atoms with Crippen molar-refractivity contribution in [2.45, 2.75) is 52.0 Å². The first kappa shape index (κ1) is 12.9. The lowest BCUT2D eigenvalue weighted by atomic mass is 9.79. The van der Waals surface area contributed by atoms with Gasteiger partial charge in [-0.2, -0.15) is 16.6 Å². The van der Waals surface area contributed by atoms with E-state index in [0.29, 0.717) is 5.92 Å². The molecular weight excluding hydrogens is 190 g/mol. The van der Waals surface area contributed by atoms with Gasteiger partial charge in [0.1, 0.15) is 0 Å². The van der Waals surface area contributed by atoms with Crippen LogP contribution in [0.4, 0.5) is 0 Å². The molecule has 90 valence electrons. The maximum absolute atomic E-state index is 3.23. The van der Waals surface area contributed by atoms with Crippen molar-refractivity contribution < 1.29 is 0 Å². The smallest absolute Gasteiger partial charge is 0.0309 e. The van der Waals surface area contributed by atoms with E-state index in [1.807, 2.05) is 0 Å². The minimum Gasteiger partial charge on any atom is -0.243 e. The van der Waals surface area contributed by atoms with Crippen LogP contribution in [0.1, 0.15) is 46.5 Å². The Morgan fingerprint density at radius 2 is 1.93 bits per heavy atom. The third-order valence-electron chi connectivity index (χ3n) is 3.18. The van der Waals surface area contributed by atoms with Crippen LogP contribution in [0.3, 0.4) is 0 Å².